The minimum atomic E-state index is 0.0647. The minimum absolute atomic E-state index is 0.0647. The average Bonchev–Trinajstić information content (AvgIpc) is 3.26. The molecular weight excluding hydrogens is 360 g/mol. The molecule has 2 aromatic heterocycles. The van der Waals surface area contributed by atoms with Crippen molar-refractivity contribution in [3.8, 4) is 0 Å². The first-order chi connectivity index (χ1) is 13.1. The van der Waals surface area contributed by atoms with Gasteiger partial charge >= 0.3 is 0 Å². The average molecular weight is 382 g/mol. The van der Waals surface area contributed by atoms with Gasteiger partial charge in [-0.2, -0.15) is 0 Å². The number of hydrogen-bond acceptors (Lipinski definition) is 5. The fourth-order valence-electron chi connectivity index (χ4n) is 3.74. The summed E-state index contributed by atoms with van der Waals surface area (Å²) < 4.78 is 5.36. The van der Waals surface area contributed by atoms with Crippen LogP contribution in [0.5, 0.6) is 0 Å². The van der Waals surface area contributed by atoms with Crippen LogP contribution in [-0.2, 0) is 6.54 Å². The zero-order valence-corrected chi connectivity index (χ0v) is 16.0. The summed E-state index contributed by atoms with van der Waals surface area (Å²) in [5.41, 5.74) is 3.31. The molecule has 1 saturated heterocycles. The molecule has 0 saturated carbocycles. The molecule has 1 aliphatic rings. The first-order valence-electron chi connectivity index (χ1n) is 9.08. The van der Waals surface area contributed by atoms with Crippen molar-refractivity contribution in [2.75, 3.05) is 26.7 Å². The number of amides is 1. The number of aromatic nitrogens is 2. The van der Waals surface area contributed by atoms with Gasteiger partial charge in [0.05, 0.1) is 5.52 Å². The van der Waals surface area contributed by atoms with E-state index in [0.29, 0.717) is 21.9 Å². The quantitative estimate of drug-likeness (QED) is 0.685. The zero-order valence-electron chi connectivity index (χ0n) is 15.2. The van der Waals surface area contributed by atoms with E-state index < -0.39 is 0 Å². The third-order valence-corrected chi connectivity index (χ3v) is 5.17. The fourth-order valence-corrected chi connectivity index (χ4v) is 3.94. The Hall–Kier alpha value is -2.51. The second kappa shape index (κ2) is 7.62. The fraction of sp³-hybridized carbons (Fsp3) is 0.350. The van der Waals surface area contributed by atoms with E-state index in [-0.39, 0.29) is 5.91 Å². The van der Waals surface area contributed by atoms with E-state index in [4.69, 9.17) is 16.6 Å². The molecule has 1 aliphatic heterocycles. The molecule has 3 heterocycles. The van der Waals surface area contributed by atoms with Crippen molar-refractivity contribution in [1.29, 1.82) is 0 Å². The summed E-state index contributed by atoms with van der Waals surface area (Å²) in [4.78, 5) is 24.6. The Bertz CT molecular complexity index is 998. The lowest BCUT2D eigenvalue weighted by Gasteiger charge is -2.21. The Balaban J connectivity index is 1.36. The summed E-state index contributed by atoms with van der Waals surface area (Å²) in [6.07, 6.45) is 4.72. The van der Waals surface area contributed by atoms with Gasteiger partial charge in [0.1, 0.15) is 0 Å². The molecule has 3 aromatic rings. The molecule has 0 aliphatic carbocycles. The molecule has 1 N–H and O–H groups in total. The Morgan fingerprint density at radius 1 is 1.44 bits per heavy atom. The normalized spacial score (nSPS) is 17.1. The number of H-pyrrole nitrogens is 1. The Kier molecular flexibility index (Phi) is 5.05. The maximum absolute atomic E-state index is 12.9. The number of nitrogens with one attached hydrogen (secondary N) is 1. The first-order valence-corrected chi connectivity index (χ1v) is 9.49. The number of rotatable bonds is 5. The van der Waals surface area contributed by atoms with Gasteiger partial charge in [-0.15, -0.1) is 0 Å². The van der Waals surface area contributed by atoms with Crippen molar-refractivity contribution in [1.82, 2.24) is 19.8 Å². The van der Waals surface area contributed by atoms with E-state index in [1.165, 1.54) is 5.56 Å². The number of aromatic amines is 1. The van der Waals surface area contributed by atoms with Gasteiger partial charge in [0.25, 0.3) is 10.7 Å². The minimum Gasteiger partial charge on any atom is -0.429 e. The number of nitrogens with zero attached hydrogens (tertiary/aromatic N) is 3. The van der Waals surface area contributed by atoms with Crippen molar-refractivity contribution in [2.24, 2.45) is 5.92 Å². The lowest BCUT2D eigenvalue weighted by atomic mass is 10.1. The van der Waals surface area contributed by atoms with Gasteiger partial charge in [-0.1, -0.05) is 6.07 Å². The third kappa shape index (κ3) is 4.09. The molecule has 0 bridgehead atoms. The topological polar surface area (TPSA) is 65.4 Å². The van der Waals surface area contributed by atoms with Crippen LogP contribution < -0.4 is 0 Å². The maximum atomic E-state index is 12.9. The highest BCUT2D eigenvalue weighted by atomic mass is 32.1. The van der Waals surface area contributed by atoms with Crippen LogP contribution in [0.15, 0.2) is 47.1 Å². The van der Waals surface area contributed by atoms with E-state index in [9.17, 15) is 4.79 Å². The number of fused-ring (bicyclic) bond motifs is 1. The van der Waals surface area contributed by atoms with Crippen molar-refractivity contribution >= 4 is 29.2 Å². The molecule has 0 spiro atoms. The van der Waals surface area contributed by atoms with Gasteiger partial charge in [-0.25, -0.2) is 0 Å². The monoisotopic (exact) mass is 382 g/mol. The summed E-state index contributed by atoms with van der Waals surface area (Å²) in [6, 6.07) is 9.47. The van der Waals surface area contributed by atoms with Gasteiger partial charge in [0, 0.05) is 44.1 Å². The highest BCUT2D eigenvalue weighted by Crippen LogP contribution is 2.22. The number of benzene rings is 1. The van der Waals surface area contributed by atoms with Crippen LogP contribution in [0.3, 0.4) is 0 Å². The van der Waals surface area contributed by atoms with Crippen molar-refractivity contribution in [3.05, 3.63) is 58.7 Å². The molecule has 6 nitrogen and oxygen atoms in total. The van der Waals surface area contributed by atoms with Crippen molar-refractivity contribution in [2.45, 2.75) is 13.0 Å². The van der Waals surface area contributed by atoms with Crippen LogP contribution in [0.4, 0.5) is 0 Å². The van der Waals surface area contributed by atoms with Crippen LogP contribution in [0, 0.1) is 10.8 Å². The van der Waals surface area contributed by atoms with Gasteiger partial charge in [-0.3, -0.25) is 9.78 Å². The molecule has 0 radical (unpaired) electrons. The van der Waals surface area contributed by atoms with Crippen molar-refractivity contribution < 1.29 is 9.21 Å². The molecular formula is C20H22N4O2S. The Labute approximate surface area is 162 Å². The smallest absolute Gasteiger partial charge is 0.266 e. The van der Waals surface area contributed by atoms with Crippen LogP contribution in [0.1, 0.15) is 22.3 Å². The van der Waals surface area contributed by atoms with E-state index in [0.717, 1.165) is 38.1 Å². The molecule has 27 heavy (non-hydrogen) atoms. The number of pyridine rings is 1. The lowest BCUT2D eigenvalue weighted by molar-refractivity contribution is 0.0784. The maximum Gasteiger partial charge on any atom is 0.266 e. The number of likely N-dealkylation sites (tertiary alicyclic amines) is 1. The molecule has 140 valence electrons. The second-order valence-corrected chi connectivity index (χ2v) is 7.56. The second-order valence-electron chi connectivity index (χ2n) is 7.19. The van der Waals surface area contributed by atoms with Crippen LogP contribution >= 0.6 is 12.2 Å². The molecule has 7 heteroatoms. The van der Waals surface area contributed by atoms with E-state index in [1.807, 2.05) is 23.2 Å². The zero-order chi connectivity index (χ0) is 18.8. The Morgan fingerprint density at radius 3 is 3.15 bits per heavy atom. The number of hydrogen-bond donors (Lipinski definition) is 1. The van der Waals surface area contributed by atoms with Gasteiger partial charge in [-0.05, 0) is 61.4 Å². The molecule has 1 aromatic carbocycles. The van der Waals surface area contributed by atoms with Crippen LogP contribution in [0.25, 0.3) is 11.1 Å². The van der Waals surface area contributed by atoms with E-state index >= 15 is 0 Å². The van der Waals surface area contributed by atoms with Gasteiger partial charge < -0.3 is 19.2 Å². The van der Waals surface area contributed by atoms with E-state index in [1.54, 1.807) is 18.3 Å². The predicted molar refractivity (Wildman–Crippen MR) is 106 cm³/mol. The predicted octanol–water partition coefficient (Wildman–Crippen LogP) is 3.48. The lowest BCUT2D eigenvalue weighted by Crippen LogP contribution is -2.31. The van der Waals surface area contributed by atoms with Gasteiger partial charge in [0.2, 0.25) is 0 Å². The Morgan fingerprint density at radius 2 is 2.33 bits per heavy atom. The molecule has 1 fully saturated rings. The largest absolute Gasteiger partial charge is 0.429 e. The summed E-state index contributed by atoms with van der Waals surface area (Å²) >= 11 is 5.01. The molecule has 1 amide bonds. The van der Waals surface area contributed by atoms with Crippen LogP contribution in [-0.4, -0.2) is 52.4 Å². The number of carbonyl (C=O) groups is 1. The molecule has 4 rings (SSSR count). The summed E-state index contributed by atoms with van der Waals surface area (Å²) in [6.45, 7) is 3.42. The summed E-state index contributed by atoms with van der Waals surface area (Å²) in [5.74, 6) is 0.550. The highest BCUT2D eigenvalue weighted by Gasteiger charge is 2.28. The van der Waals surface area contributed by atoms with Gasteiger partial charge in [0.15, 0.2) is 5.58 Å². The summed E-state index contributed by atoms with van der Waals surface area (Å²) in [7, 11) is 2.12. The SMILES string of the molecule is CN(Cc1cccnc1)CC1CCN(C(=O)c2ccc3oc(=S)[nH]c3c2)C1. The van der Waals surface area contributed by atoms with E-state index in [2.05, 4.69) is 28.0 Å². The number of carbonyl (C=O) groups excluding carboxylic acids is 1. The molecule has 1 unspecified atom stereocenters. The highest BCUT2D eigenvalue weighted by molar-refractivity contribution is 7.71. The van der Waals surface area contributed by atoms with Crippen molar-refractivity contribution in [3.63, 3.8) is 0 Å². The third-order valence-electron chi connectivity index (χ3n) is 4.98. The summed E-state index contributed by atoms with van der Waals surface area (Å²) in [5, 5.41) is 0. The van der Waals surface area contributed by atoms with Crippen LogP contribution in [0.2, 0.25) is 0 Å². The first kappa shape index (κ1) is 17.9. The standard InChI is InChI=1S/C20H22N4O2S/c1-23(11-14-3-2-7-21-10-14)12-15-6-8-24(13-15)19(25)16-4-5-18-17(9-16)22-20(27)26-18/h2-5,7,9-10,15H,6,8,11-13H2,1H3,(H,22,27). The number of oxazole rings is 1. The molecule has 1 atom stereocenters.